The molecule has 0 saturated heterocycles. The van der Waals surface area contributed by atoms with Crippen LogP contribution in [0.1, 0.15) is 36.0 Å². The van der Waals surface area contributed by atoms with Crippen molar-refractivity contribution in [3.63, 3.8) is 0 Å². The third-order valence-corrected chi connectivity index (χ3v) is 4.69. The summed E-state index contributed by atoms with van der Waals surface area (Å²) in [4.78, 5) is 17.2. The molecular weight excluding hydrogens is 224 g/mol. The number of fused-ring (bicyclic) bond motifs is 2. The van der Waals surface area contributed by atoms with Crippen molar-refractivity contribution >= 4 is 12.1 Å². The maximum absolute atomic E-state index is 10.6. The van der Waals surface area contributed by atoms with Gasteiger partial charge >= 0.3 is 0 Å². The van der Waals surface area contributed by atoms with E-state index in [1.54, 1.807) is 6.20 Å². The normalized spacial score (nSPS) is 29.5. The molecule has 3 atom stereocenters. The third-order valence-electron chi connectivity index (χ3n) is 4.69. The fourth-order valence-corrected chi connectivity index (χ4v) is 3.74. The Kier molecular flexibility index (Phi) is 3.06. The summed E-state index contributed by atoms with van der Waals surface area (Å²) in [5.74, 6) is 3.77. The zero-order valence-electron chi connectivity index (χ0n) is 10.9. The summed E-state index contributed by atoms with van der Waals surface area (Å²) in [5.41, 5.74) is 0.645. The Morgan fingerprint density at radius 2 is 2.28 bits per heavy atom. The van der Waals surface area contributed by atoms with E-state index in [9.17, 15) is 4.79 Å². The Bertz CT molecular complexity index is 429. The first-order valence-corrected chi connectivity index (χ1v) is 6.88. The molecule has 3 rings (SSSR count). The number of hydrogen-bond acceptors (Lipinski definition) is 3. The number of carbonyl (C=O) groups excluding carboxylic acids is 1. The third kappa shape index (κ3) is 2.14. The van der Waals surface area contributed by atoms with Crippen LogP contribution in [0.15, 0.2) is 18.3 Å². The quantitative estimate of drug-likeness (QED) is 0.764. The molecule has 2 aliphatic rings. The van der Waals surface area contributed by atoms with Gasteiger partial charge in [0.15, 0.2) is 6.29 Å². The lowest BCUT2D eigenvalue weighted by Crippen LogP contribution is -2.29. The Hall–Kier alpha value is -1.38. The Morgan fingerprint density at radius 1 is 1.39 bits per heavy atom. The van der Waals surface area contributed by atoms with Crippen LogP contribution in [0, 0.1) is 17.8 Å². The Labute approximate surface area is 108 Å². The van der Waals surface area contributed by atoms with Gasteiger partial charge in [-0.25, -0.2) is 4.98 Å². The highest BCUT2D eigenvalue weighted by atomic mass is 16.1. The molecule has 3 nitrogen and oxygen atoms in total. The molecule has 0 amide bonds. The molecule has 1 aromatic heterocycles. The lowest BCUT2D eigenvalue weighted by atomic mass is 9.88. The second-order valence-electron chi connectivity index (χ2n) is 5.88. The summed E-state index contributed by atoms with van der Waals surface area (Å²) in [6.07, 6.45) is 8.24. The van der Waals surface area contributed by atoms with Gasteiger partial charge in [0.2, 0.25) is 0 Å². The van der Waals surface area contributed by atoms with Crippen molar-refractivity contribution < 1.29 is 4.79 Å². The van der Waals surface area contributed by atoms with E-state index in [0.29, 0.717) is 5.56 Å². The smallest absolute Gasteiger partial charge is 0.151 e. The van der Waals surface area contributed by atoms with Crippen molar-refractivity contribution in [1.29, 1.82) is 0 Å². The minimum Gasteiger partial charge on any atom is -0.359 e. The van der Waals surface area contributed by atoms with Crippen molar-refractivity contribution in [1.82, 2.24) is 4.98 Å². The maximum Gasteiger partial charge on any atom is 0.151 e. The van der Waals surface area contributed by atoms with Gasteiger partial charge in [0.1, 0.15) is 5.82 Å². The van der Waals surface area contributed by atoms with Crippen molar-refractivity contribution in [2.75, 3.05) is 18.5 Å². The van der Waals surface area contributed by atoms with E-state index in [1.807, 2.05) is 12.1 Å². The molecule has 1 heterocycles. The summed E-state index contributed by atoms with van der Waals surface area (Å²) >= 11 is 0. The largest absolute Gasteiger partial charge is 0.359 e. The number of aromatic nitrogens is 1. The molecule has 2 aliphatic carbocycles. The molecule has 2 fully saturated rings. The van der Waals surface area contributed by atoms with Gasteiger partial charge in [-0.1, -0.05) is 6.42 Å². The molecule has 2 bridgehead atoms. The predicted molar refractivity (Wildman–Crippen MR) is 71.8 cm³/mol. The monoisotopic (exact) mass is 244 g/mol. The standard InChI is InChI=1S/C15H20N2O/c1-17(15-5-3-12(10-18)8-16-15)9-14-7-11-2-4-13(14)6-11/h3,5,8,10-11,13-14H,2,4,6-7,9H2,1H3. The van der Waals surface area contributed by atoms with E-state index in [4.69, 9.17) is 0 Å². The molecule has 0 radical (unpaired) electrons. The van der Waals surface area contributed by atoms with Crippen LogP contribution in [-0.4, -0.2) is 24.9 Å². The van der Waals surface area contributed by atoms with Gasteiger partial charge in [0, 0.05) is 25.4 Å². The van der Waals surface area contributed by atoms with E-state index < -0.39 is 0 Å². The van der Waals surface area contributed by atoms with Crippen LogP contribution in [0.5, 0.6) is 0 Å². The molecule has 3 heteroatoms. The zero-order valence-corrected chi connectivity index (χ0v) is 10.9. The van der Waals surface area contributed by atoms with E-state index in [-0.39, 0.29) is 0 Å². The van der Waals surface area contributed by atoms with Crippen molar-refractivity contribution in [2.24, 2.45) is 17.8 Å². The van der Waals surface area contributed by atoms with Crippen LogP contribution >= 0.6 is 0 Å². The molecule has 0 aromatic carbocycles. The van der Waals surface area contributed by atoms with Gasteiger partial charge in [-0.05, 0) is 49.1 Å². The van der Waals surface area contributed by atoms with Gasteiger partial charge in [-0.15, -0.1) is 0 Å². The van der Waals surface area contributed by atoms with Gasteiger partial charge in [0.25, 0.3) is 0 Å². The van der Waals surface area contributed by atoms with Crippen molar-refractivity contribution in [2.45, 2.75) is 25.7 Å². The van der Waals surface area contributed by atoms with Crippen LogP contribution in [0.4, 0.5) is 5.82 Å². The second-order valence-corrected chi connectivity index (χ2v) is 5.88. The number of carbonyl (C=O) groups is 1. The highest BCUT2D eigenvalue weighted by Crippen LogP contribution is 2.48. The van der Waals surface area contributed by atoms with Crippen molar-refractivity contribution in [3.05, 3.63) is 23.9 Å². The fourth-order valence-electron chi connectivity index (χ4n) is 3.74. The van der Waals surface area contributed by atoms with Gasteiger partial charge in [-0.3, -0.25) is 4.79 Å². The summed E-state index contributed by atoms with van der Waals surface area (Å²) in [5, 5.41) is 0. The van der Waals surface area contributed by atoms with E-state index >= 15 is 0 Å². The van der Waals surface area contributed by atoms with Crippen LogP contribution in [0.2, 0.25) is 0 Å². The van der Waals surface area contributed by atoms with E-state index in [0.717, 1.165) is 36.4 Å². The van der Waals surface area contributed by atoms with Gasteiger partial charge in [0.05, 0.1) is 0 Å². The van der Waals surface area contributed by atoms with Crippen LogP contribution < -0.4 is 4.90 Å². The minimum absolute atomic E-state index is 0.645. The Morgan fingerprint density at radius 3 is 2.83 bits per heavy atom. The molecule has 18 heavy (non-hydrogen) atoms. The summed E-state index contributed by atoms with van der Waals surface area (Å²) < 4.78 is 0. The molecule has 96 valence electrons. The number of pyridine rings is 1. The lowest BCUT2D eigenvalue weighted by Gasteiger charge is -2.27. The van der Waals surface area contributed by atoms with Gasteiger partial charge < -0.3 is 4.90 Å². The van der Waals surface area contributed by atoms with E-state index in [2.05, 4.69) is 16.9 Å². The highest BCUT2D eigenvalue weighted by molar-refractivity contribution is 5.74. The van der Waals surface area contributed by atoms with Gasteiger partial charge in [-0.2, -0.15) is 0 Å². The summed E-state index contributed by atoms with van der Waals surface area (Å²) in [6, 6.07) is 3.78. The number of nitrogens with zero attached hydrogens (tertiary/aromatic N) is 2. The average molecular weight is 244 g/mol. The average Bonchev–Trinajstić information content (AvgIpc) is 3.01. The maximum atomic E-state index is 10.6. The molecular formula is C15H20N2O. The fraction of sp³-hybridized carbons (Fsp3) is 0.600. The van der Waals surface area contributed by atoms with Crippen molar-refractivity contribution in [3.8, 4) is 0 Å². The van der Waals surface area contributed by atoms with Crippen LogP contribution in [-0.2, 0) is 0 Å². The number of rotatable bonds is 4. The molecule has 0 aliphatic heterocycles. The van der Waals surface area contributed by atoms with E-state index in [1.165, 1.54) is 25.7 Å². The lowest BCUT2D eigenvalue weighted by molar-refractivity contribution is 0.112. The number of hydrogen-bond donors (Lipinski definition) is 0. The number of anilines is 1. The van der Waals surface area contributed by atoms with Crippen LogP contribution in [0.25, 0.3) is 0 Å². The first kappa shape index (κ1) is 11.7. The molecule has 1 aromatic rings. The highest BCUT2D eigenvalue weighted by Gasteiger charge is 2.39. The first-order valence-electron chi connectivity index (χ1n) is 6.88. The first-order chi connectivity index (χ1) is 8.76. The van der Waals surface area contributed by atoms with Crippen LogP contribution in [0.3, 0.4) is 0 Å². The topological polar surface area (TPSA) is 33.2 Å². The molecule has 0 spiro atoms. The second kappa shape index (κ2) is 4.71. The summed E-state index contributed by atoms with van der Waals surface area (Å²) in [7, 11) is 2.11. The Balaban J connectivity index is 1.63. The SMILES string of the molecule is CN(CC1CC2CCC1C2)c1ccc(C=O)cn1. The minimum atomic E-state index is 0.645. The zero-order chi connectivity index (χ0) is 12.5. The predicted octanol–water partition coefficient (Wildman–Crippen LogP) is 2.77. The number of aldehydes is 1. The molecule has 0 N–H and O–H groups in total. The summed E-state index contributed by atoms with van der Waals surface area (Å²) in [6.45, 7) is 1.11. The molecule has 2 saturated carbocycles. The molecule has 3 unspecified atom stereocenters.